The van der Waals surface area contributed by atoms with E-state index in [9.17, 15) is 0 Å². The Morgan fingerprint density at radius 1 is 1.00 bits per heavy atom. The SMILES string of the molecule is [S-]OO[S-]. The van der Waals surface area contributed by atoms with Crippen LogP contribution in [0.25, 0.3) is 0 Å². The van der Waals surface area contributed by atoms with Gasteiger partial charge < -0.3 is 34.5 Å². The second kappa shape index (κ2) is 3.62. The van der Waals surface area contributed by atoms with Gasteiger partial charge in [0.05, 0.1) is 0 Å². The van der Waals surface area contributed by atoms with E-state index in [0.29, 0.717) is 0 Å². The van der Waals surface area contributed by atoms with E-state index in [1.165, 1.54) is 0 Å². The van der Waals surface area contributed by atoms with Crippen LogP contribution in [0.3, 0.4) is 0 Å². The second-order valence-electron chi connectivity index (χ2n) is 0.136. The fourth-order valence-corrected chi connectivity index (χ4v) is 0. The van der Waals surface area contributed by atoms with Crippen LogP contribution in [0.4, 0.5) is 0 Å². The Morgan fingerprint density at radius 2 is 1.25 bits per heavy atom. The molecule has 0 aromatic heterocycles. The maximum atomic E-state index is 3.73. The Morgan fingerprint density at radius 3 is 1.25 bits per heavy atom. The van der Waals surface area contributed by atoms with Crippen molar-refractivity contribution >= 4 is 25.8 Å². The van der Waals surface area contributed by atoms with Crippen LogP contribution in [0.1, 0.15) is 0 Å². The summed E-state index contributed by atoms with van der Waals surface area (Å²) in [6.07, 6.45) is 0. The largest absolute Gasteiger partial charge is 0.585 e. The van der Waals surface area contributed by atoms with Crippen molar-refractivity contribution < 1.29 is 8.67 Å². The Balaban J connectivity index is 1.97. The number of hydrogen-bond acceptors (Lipinski definition) is 4. The summed E-state index contributed by atoms with van der Waals surface area (Å²) in [5.74, 6) is 0. The van der Waals surface area contributed by atoms with Crippen molar-refractivity contribution in [3.63, 3.8) is 0 Å². The maximum Gasteiger partial charge on any atom is -0.415 e. The average Bonchev–Trinajstić information content (AvgIpc) is 1.37. The summed E-state index contributed by atoms with van der Waals surface area (Å²) in [4.78, 5) is 0. The zero-order valence-corrected chi connectivity index (χ0v) is 3.27. The highest BCUT2D eigenvalue weighted by molar-refractivity contribution is 7.55. The first-order chi connectivity index (χ1) is 1.91. The predicted octanol–water partition coefficient (Wildman–Crippen LogP) is -0.142. The van der Waals surface area contributed by atoms with Crippen LogP contribution in [-0.4, -0.2) is 0 Å². The average molecular weight is 96.1 g/mol. The standard InChI is InChI=1S/H2O2S2/c3-1-2-4/h3-4H/p-2. The van der Waals surface area contributed by atoms with Gasteiger partial charge in [-0.3, -0.25) is 0 Å². The van der Waals surface area contributed by atoms with Gasteiger partial charge in [-0.05, 0) is 0 Å². The summed E-state index contributed by atoms with van der Waals surface area (Å²) in [6, 6.07) is 0. The van der Waals surface area contributed by atoms with E-state index >= 15 is 0 Å². The summed E-state index contributed by atoms with van der Waals surface area (Å²) >= 11 is 7.45. The van der Waals surface area contributed by atoms with Gasteiger partial charge >= 0.3 is 0 Å². The van der Waals surface area contributed by atoms with Crippen molar-refractivity contribution in [1.82, 2.24) is 0 Å². The Labute approximate surface area is 35.3 Å². The van der Waals surface area contributed by atoms with Gasteiger partial charge in [0.2, 0.25) is 0 Å². The molecule has 0 aliphatic carbocycles. The molecule has 0 amide bonds. The number of hydrogen-bond donors (Lipinski definition) is 0. The molecule has 0 spiro atoms. The van der Waals surface area contributed by atoms with Crippen molar-refractivity contribution in [2.45, 2.75) is 0 Å². The van der Waals surface area contributed by atoms with Crippen molar-refractivity contribution in [3.8, 4) is 0 Å². The summed E-state index contributed by atoms with van der Waals surface area (Å²) in [5, 5.41) is 0. The molecule has 0 radical (unpaired) electrons. The third-order valence-corrected chi connectivity index (χ3v) is 0.250. The fraction of sp³-hybridized carbons (Fsp3) is 0. The van der Waals surface area contributed by atoms with Gasteiger partial charge in [-0.1, -0.05) is 0 Å². The van der Waals surface area contributed by atoms with Crippen molar-refractivity contribution in [3.05, 3.63) is 0 Å². The summed E-state index contributed by atoms with van der Waals surface area (Å²) < 4.78 is 6.88. The van der Waals surface area contributed by atoms with Crippen LogP contribution in [0.15, 0.2) is 0 Å². The highest BCUT2D eigenvalue weighted by Gasteiger charge is 1.16. The molecule has 4 heteroatoms. The molecule has 0 fully saturated rings. The molecule has 0 unspecified atom stereocenters. The molecule has 0 rings (SSSR count). The van der Waals surface area contributed by atoms with Gasteiger partial charge in [0.15, 0.2) is 0 Å². The van der Waals surface area contributed by atoms with Crippen LogP contribution in [0, 0.1) is 0 Å². The van der Waals surface area contributed by atoms with E-state index in [2.05, 4.69) is 34.5 Å². The molecule has 4 heavy (non-hydrogen) atoms. The number of rotatable bonds is 1. The van der Waals surface area contributed by atoms with Crippen molar-refractivity contribution in [2.24, 2.45) is 0 Å². The highest BCUT2D eigenvalue weighted by Crippen LogP contribution is 1.57. The molecule has 26 valence electrons. The summed E-state index contributed by atoms with van der Waals surface area (Å²) in [5.41, 5.74) is 0. The van der Waals surface area contributed by atoms with Gasteiger partial charge in [0, 0.05) is 0 Å². The van der Waals surface area contributed by atoms with Gasteiger partial charge in [-0.15, -0.1) is 0 Å². The Hall–Kier alpha value is 0.620. The lowest BCUT2D eigenvalue weighted by Crippen LogP contribution is -1.67. The quantitative estimate of drug-likeness (QED) is 0.257. The molecule has 0 saturated carbocycles. The van der Waals surface area contributed by atoms with E-state index in [1.807, 2.05) is 0 Å². The second-order valence-corrected chi connectivity index (χ2v) is 0.408. The van der Waals surface area contributed by atoms with Gasteiger partial charge in [0.1, 0.15) is 0 Å². The minimum absolute atomic E-state index is 3.44. The lowest BCUT2D eigenvalue weighted by atomic mass is 14.9. The molecule has 0 N–H and O–H groups in total. The maximum absolute atomic E-state index is 3.73. The normalized spacial score (nSPS) is 7.50. The third-order valence-electron chi connectivity index (χ3n) is 0.0278. The smallest absolute Gasteiger partial charge is 0.415 e. The van der Waals surface area contributed by atoms with E-state index in [1.54, 1.807) is 0 Å². The van der Waals surface area contributed by atoms with Crippen LogP contribution in [0.5, 0.6) is 0 Å². The van der Waals surface area contributed by atoms with E-state index in [4.69, 9.17) is 0 Å². The van der Waals surface area contributed by atoms with E-state index in [-0.39, 0.29) is 0 Å². The molecule has 0 aliphatic rings. The van der Waals surface area contributed by atoms with Crippen LogP contribution in [0.2, 0.25) is 0 Å². The molecule has 0 atom stereocenters. The Bertz CT molecular complexity index is 6.00. The van der Waals surface area contributed by atoms with Gasteiger partial charge in [0.25, 0.3) is 0 Å². The minimum atomic E-state index is 3.44. The molecular weight excluding hydrogens is 96.1 g/mol. The highest BCUT2D eigenvalue weighted by atomic mass is 32.1. The third kappa shape index (κ3) is 2.62. The molecular formula is O2S2-2. The molecule has 0 aromatic carbocycles. The van der Waals surface area contributed by atoms with Gasteiger partial charge in [-0.2, -0.15) is 0 Å². The lowest BCUT2D eigenvalue weighted by Gasteiger charge is -2.08. The fourth-order valence-electron chi connectivity index (χ4n) is 0. The van der Waals surface area contributed by atoms with E-state index < -0.39 is 0 Å². The topological polar surface area (TPSA) is 18.5 Å². The van der Waals surface area contributed by atoms with E-state index in [0.717, 1.165) is 0 Å². The van der Waals surface area contributed by atoms with Crippen molar-refractivity contribution in [2.75, 3.05) is 0 Å². The molecule has 0 aromatic rings. The van der Waals surface area contributed by atoms with Crippen LogP contribution < -0.4 is 0 Å². The molecule has 0 aliphatic heterocycles. The van der Waals surface area contributed by atoms with Crippen LogP contribution >= 0.6 is 0 Å². The molecule has 0 heterocycles. The first-order valence-corrected chi connectivity index (χ1v) is 1.17. The monoisotopic (exact) mass is 95.9 g/mol. The Kier molecular flexibility index (Phi) is 4.18. The van der Waals surface area contributed by atoms with Crippen molar-refractivity contribution in [1.29, 1.82) is 0 Å². The zero-order chi connectivity index (χ0) is 3.41. The summed E-state index contributed by atoms with van der Waals surface area (Å²) in [7, 11) is 0. The minimum Gasteiger partial charge on any atom is -0.585 e. The predicted molar refractivity (Wildman–Crippen MR) is 16.9 cm³/mol. The lowest BCUT2D eigenvalue weighted by molar-refractivity contribution is -0.0496. The first kappa shape index (κ1) is 4.62. The molecule has 0 bridgehead atoms. The molecule has 0 saturated heterocycles. The molecule has 2 nitrogen and oxygen atoms in total. The van der Waals surface area contributed by atoms with Gasteiger partial charge in [-0.25, -0.2) is 0 Å². The summed E-state index contributed by atoms with van der Waals surface area (Å²) in [6.45, 7) is 0. The van der Waals surface area contributed by atoms with Crippen LogP contribution in [-0.2, 0) is 34.5 Å². The first-order valence-electron chi connectivity index (χ1n) is 0.500. The zero-order valence-electron chi connectivity index (χ0n) is 1.63.